The summed E-state index contributed by atoms with van der Waals surface area (Å²) in [6.07, 6.45) is 1.51. The molecule has 0 unspecified atom stereocenters. The van der Waals surface area contributed by atoms with Crippen molar-refractivity contribution in [2.45, 2.75) is 6.54 Å². The smallest absolute Gasteiger partial charge is 0.263 e. The molecule has 0 spiro atoms. The molecule has 0 saturated heterocycles. The van der Waals surface area contributed by atoms with Gasteiger partial charge in [0.15, 0.2) is 11.5 Å². The zero-order chi connectivity index (χ0) is 22.1. The van der Waals surface area contributed by atoms with Crippen molar-refractivity contribution in [1.82, 2.24) is 19.7 Å². The van der Waals surface area contributed by atoms with Crippen LogP contribution in [-0.2, 0) is 6.54 Å². The molecule has 5 aromatic rings. The third-order valence-corrected chi connectivity index (χ3v) is 5.95. The highest BCUT2D eigenvalue weighted by atomic mass is 32.1. The van der Waals surface area contributed by atoms with E-state index < -0.39 is 0 Å². The van der Waals surface area contributed by atoms with Gasteiger partial charge in [0, 0.05) is 16.5 Å². The Kier molecular flexibility index (Phi) is 5.16. The van der Waals surface area contributed by atoms with E-state index >= 15 is 0 Å². The zero-order valence-electron chi connectivity index (χ0n) is 17.3. The number of rotatable bonds is 6. The van der Waals surface area contributed by atoms with Gasteiger partial charge in [-0.25, -0.2) is 4.98 Å². The fraction of sp³-hybridized carbons (Fsp3) is 0.130. The van der Waals surface area contributed by atoms with Crippen LogP contribution in [0.5, 0.6) is 11.5 Å². The Hall–Kier alpha value is -3.98. The average molecular weight is 446 g/mol. The van der Waals surface area contributed by atoms with Gasteiger partial charge < -0.3 is 14.0 Å². The van der Waals surface area contributed by atoms with E-state index in [9.17, 15) is 4.79 Å². The lowest BCUT2D eigenvalue weighted by Gasteiger charge is -2.07. The third-order valence-electron chi connectivity index (χ3n) is 5.06. The number of nitrogens with zero attached hydrogens (tertiary/aromatic N) is 4. The maximum absolute atomic E-state index is 13.2. The molecule has 0 atom stereocenters. The van der Waals surface area contributed by atoms with Crippen molar-refractivity contribution in [3.63, 3.8) is 0 Å². The summed E-state index contributed by atoms with van der Waals surface area (Å²) < 4.78 is 17.5. The van der Waals surface area contributed by atoms with Crippen molar-refractivity contribution in [1.29, 1.82) is 0 Å². The van der Waals surface area contributed by atoms with Crippen molar-refractivity contribution < 1.29 is 14.0 Å². The van der Waals surface area contributed by atoms with Crippen LogP contribution in [0.1, 0.15) is 5.89 Å². The van der Waals surface area contributed by atoms with Crippen LogP contribution in [0.3, 0.4) is 0 Å². The summed E-state index contributed by atoms with van der Waals surface area (Å²) in [5.41, 5.74) is 2.40. The first-order chi connectivity index (χ1) is 15.7. The van der Waals surface area contributed by atoms with Crippen LogP contribution in [0.25, 0.3) is 32.7 Å². The van der Waals surface area contributed by atoms with Gasteiger partial charge in [0.05, 0.1) is 25.9 Å². The zero-order valence-corrected chi connectivity index (χ0v) is 18.1. The Balaban J connectivity index is 1.48. The predicted octanol–water partition coefficient (Wildman–Crippen LogP) is 4.24. The second-order valence-electron chi connectivity index (χ2n) is 6.95. The Morgan fingerprint density at radius 1 is 1.03 bits per heavy atom. The lowest BCUT2D eigenvalue weighted by atomic mass is 10.1. The molecule has 0 aliphatic rings. The molecule has 3 aromatic heterocycles. The van der Waals surface area contributed by atoms with Gasteiger partial charge in [0.25, 0.3) is 5.56 Å². The lowest BCUT2D eigenvalue weighted by Crippen LogP contribution is -2.21. The van der Waals surface area contributed by atoms with E-state index in [1.54, 1.807) is 26.4 Å². The van der Waals surface area contributed by atoms with Gasteiger partial charge in [0.2, 0.25) is 11.7 Å². The van der Waals surface area contributed by atoms with Crippen LogP contribution in [0.2, 0.25) is 0 Å². The highest BCUT2D eigenvalue weighted by Gasteiger charge is 2.16. The monoisotopic (exact) mass is 446 g/mol. The standard InChI is InChI=1S/C23H18N4O4S/c1-29-17-9-8-15(10-18(17)30-2)21-25-19(31-26-21)11-27-13-24-22-20(23(27)28)16(12-32-22)14-6-4-3-5-7-14/h3-10,12-13H,11H2,1-2H3. The Morgan fingerprint density at radius 3 is 2.62 bits per heavy atom. The van der Waals surface area contributed by atoms with Gasteiger partial charge in [-0.15, -0.1) is 11.3 Å². The number of fused-ring (bicyclic) bond motifs is 1. The number of ether oxygens (including phenoxy) is 2. The minimum absolute atomic E-state index is 0.117. The maximum atomic E-state index is 13.2. The minimum atomic E-state index is -0.152. The number of aromatic nitrogens is 4. The Morgan fingerprint density at radius 2 is 1.84 bits per heavy atom. The molecular formula is C23H18N4O4S. The van der Waals surface area contributed by atoms with E-state index in [0.717, 1.165) is 11.1 Å². The highest BCUT2D eigenvalue weighted by Crippen LogP contribution is 2.32. The Bertz CT molecular complexity index is 1460. The van der Waals surface area contributed by atoms with E-state index in [4.69, 9.17) is 14.0 Å². The van der Waals surface area contributed by atoms with Crippen LogP contribution in [0.15, 0.2) is 69.6 Å². The first-order valence-corrected chi connectivity index (χ1v) is 10.6. The van der Waals surface area contributed by atoms with Crippen molar-refractivity contribution in [3.05, 3.63) is 76.5 Å². The molecule has 0 aliphatic heterocycles. The number of benzene rings is 2. The van der Waals surface area contributed by atoms with Gasteiger partial charge in [-0.2, -0.15) is 4.98 Å². The van der Waals surface area contributed by atoms with Gasteiger partial charge in [-0.3, -0.25) is 9.36 Å². The lowest BCUT2D eigenvalue weighted by molar-refractivity contribution is 0.355. The van der Waals surface area contributed by atoms with Gasteiger partial charge in [0.1, 0.15) is 11.4 Å². The van der Waals surface area contributed by atoms with E-state index in [0.29, 0.717) is 39.0 Å². The average Bonchev–Trinajstić information content (AvgIpc) is 3.49. The fourth-order valence-electron chi connectivity index (χ4n) is 3.47. The minimum Gasteiger partial charge on any atom is -0.493 e. The van der Waals surface area contributed by atoms with E-state index in [-0.39, 0.29) is 12.1 Å². The summed E-state index contributed by atoms with van der Waals surface area (Å²) in [6.45, 7) is 0.117. The normalized spacial score (nSPS) is 11.1. The van der Waals surface area contributed by atoms with Crippen molar-refractivity contribution >= 4 is 21.6 Å². The number of methoxy groups -OCH3 is 2. The molecule has 0 amide bonds. The summed E-state index contributed by atoms with van der Waals surface area (Å²) in [7, 11) is 3.14. The highest BCUT2D eigenvalue weighted by molar-refractivity contribution is 7.17. The quantitative estimate of drug-likeness (QED) is 0.385. The topological polar surface area (TPSA) is 92.3 Å². The van der Waals surface area contributed by atoms with Crippen molar-refractivity contribution in [2.24, 2.45) is 0 Å². The molecule has 0 N–H and O–H groups in total. The summed E-state index contributed by atoms with van der Waals surface area (Å²) >= 11 is 1.45. The molecule has 9 heteroatoms. The summed E-state index contributed by atoms with van der Waals surface area (Å²) in [5.74, 6) is 1.86. The largest absolute Gasteiger partial charge is 0.493 e. The van der Waals surface area contributed by atoms with Crippen LogP contribution in [0.4, 0.5) is 0 Å². The molecule has 0 bridgehead atoms. The number of hydrogen-bond donors (Lipinski definition) is 0. The van der Waals surface area contributed by atoms with E-state index in [1.807, 2.05) is 41.8 Å². The van der Waals surface area contributed by atoms with Crippen molar-refractivity contribution in [2.75, 3.05) is 14.2 Å². The van der Waals surface area contributed by atoms with E-state index in [1.165, 1.54) is 22.2 Å². The van der Waals surface area contributed by atoms with Crippen LogP contribution in [0, 0.1) is 0 Å². The molecule has 160 valence electrons. The van der Waals surface area contributed by atoms with Crippen molar-refractivity contribution in [3.8, 4) is 34.0 Å². The van der Waals surface area contributed by atoms with Gasteiger partial charge in [-0.05, 0) is 23.8 Å². The number of hydrogen-bond acceptors (Lipinski definition) is 8. The maximum Gasteiger partial charge on any atom is 0.263 e. The molecule has 32 heavy (non-hydrogen) atoms. The molecule has 0 saturated carbocycles. The molecule has 8 nitrogen and oxygen atoms in total. The molecule has 3 heterocycles. The second kappa shape index (κ2) is 8.27. The van der Waals surface area contributed by atoms with E-state index in [2.05, 4.69) is 15.1 Å². The summed E-state index contributed by atoms with van der Waals surface area (Å²) in [4.78, 5) is 22.8. The molecule has 0 aliphatic carbocycles. The summed E-state index contributed by atoms with van der Waals surface area (Å²) in [6, 6.07) is 15.1. The first-order valence-electron chi connectivity index (χ1n) is 9.75. The predicted molar refractivity (Wildman–Crippen MR) is 121 cm³/mol. The SMILES string of the molecule is COc1ccc(-c2noc(Cn3cnc4scc(-c5ccccc5)c4c3=O)n2)cc1OC. The molecule has 0 fully saturated rings. The van der Waals surface area contributed by atoms with Gasteiger partial charge in [-0.1, -0.05) is 35.5 Å². The third kappa shape index (κ3) is 3.52. The molecule has 2 aromatic carbocycles. The van der Waals surface area contributed by atoms with Crippen LogP contribution >= 0.6 is 11.3 Å². The number of thiophene rings is 1. The Labute approximate surface area is 186 Å². The summed E-state index contributed by atoms with van der Waals surface area (Å²) in [5, 5.41) is 6.59. The fourth-order valence-corrected chi connectivity index (χ4v) is 4.37. The first kappa shape index (κ1) is 20.0. The van der Waals surface area contributed by atoms with Gasteiger partial charge >= 0.3 is 0 Å². The molecular weight excluding hydrogens is 428 g/mol. The molecule has 5 rings (SSSR count). The van der Waals surface area contributed by atoms with Crippen LogP contribution < -0.4 is 15.0 Å². The second-order valence-corrected chi connectivity index (χ2v) is 7.81. The molecule has 0 radical (unpaired) electrons. The van der Waals surface area contributed by atoms with Crippen LogP contribution in [-0.4, -0.2) is 33.9 Å².